The lowest BCUT2D eigenvalue weighted by Gasteiger charge is -2.14. The molecule has 0 aliphatic rings. The van der Waals surface area contributed by atoms with Gasteiger partial charge in [0.15, 0.2) is 0 Å². The molecule has 9 aromatic rings. The second kappa shape index (κ2) is 11.4. The van der Waals surface area contributed by atoms with Crippen LogP contribution in [0.4, 0.5) is 0 Å². The standard InChI is InChI=1S/C43H35N3/c1-4-30-14-16-34-12-10-28(38-20-18-32(6-1)40(30)42(34)38)22-24-44-26-36-8-3-9-37(46-36)27-45-25-23-29-11-13-35-17-15-31-5-2-7-33-19-21-39(29)43(35)41(31)33/h1-21,44-45H,22-27H2. The highest BCUT2D eigenvalue weighted by molar-refractivity contribution is 6.24. The molecule has 1 heterocycles. The first-order valence-corrected chi connectivity index (χ1v) is 16.5. The molecule has 0 unspecified atom stereocenters. The third-order valence-corrected chi connectivity index (χ3v) is 9.86. The Morgan fingerprint density at radius 2 is 0.739 bits per heavy atom. The molecule has 222 valence electrons. The van der Waals surface area contributed by atoms with E-state index >= 15 is 0 Å². The zero-order valence-electron chi connectivity index (χ0n) is 25.8. The van der Waals surface area contributed by atoms with Crippen LogP contribution in [0.1, 0.15) is 22.5 Å². The molecule has 0 radical (unpaired) electrons. The van der Waals surface area contributed by atoms with Crippen LogP contribution >= 0.6 is 0 Å². The van der Waals surface area contributed by atoms with Crippen molar-refractivity contribution < 1.29 is 0 Å². The molecule has 0 amide bonds. The Labute approximate surface area is 268 Å². The van der Waals surface area contributed by atoms with Gasteiger partial charge in [-0.05, 0) is 114 Å². The van der Waals surface area contributed by atoms with Crippen LogP contribution in [-0.4, -0.2) is 18.1 Å². The van der Waals surface area contributed by atoms with E-state index in [1.54, 1.807) is 0 Å². The van der Waals surface area contributed by atoms with E-state index in [1.807, 2.05) is 0 Å². The molecular formula is C43H35N3. The lowest BCUT2D eigenvalue weighted by molar-refractivity contribution is 0.653. The Balaban J connectivity index is 0.825. The summed E-state index contributed by atoms with van der Waals surface area (Å²) in [6.07, 6.45) is 1.97. The van der Waals surface area contributed by atoms with E-state index in [-0.39, 0.29) is 0 Å². The van der Waals surface area contributed by atoms with E-state index in [0.717, 1.165) is 50.4 Å². The van der Waals surface area contributed by atoms with Crippen LogP contribution < -0.4 is 10.6 Å². The minimum absolute atomic E-state index is 0.766. The van der Waals surface area contributed by atoms with Gasteiger partial charge in [-0.25, -0.2) is 0 Å². The lowest BCUT2D eigenvalue weighted by Crippen LogP contribution is -2.20. The Bertz CT molecular complexity index is 2290. The Morgan fingerprint density at radius 3 is 1.20 bits per heavy atom. The predicted octanol–water partition coefficient (Wildman–Crippen LogP) is 9.54. The van der Waals surface area contributed by atoms with Crippen LogP contribution in [0.25, 0.3) is 64.6 Å². The van der Waals surface area contributed by atoms with Gasteiger partial charge in [0.25, 0.3) is 0 Å². The third kappa shape index (κ3) is 4.71. The zero-order chi connectivity index (χ0) is 30.5. The molecule has 3 nitrogen and oxygen atoms in total. The van der Waals surface area contributed by atoms with E-state index in [1.165, 1.54) is 75.8 Å². The number of nitrogens with one attached hydrogen (secondary N) is 2. The largest absolute Gasteiger partial charge is 0.311 e. The highest BCUT2D eigenvalue weighted by Gasteiger charge is 2.12. The number of pyridine rings is 1. The molecule has 3 heteroatoms. The maximum atomic E-state index is 4.95. The first kappa shape index (κ1) is 27.2. The monoisotopic (exact) mass is 593 g/mol. The number of hydrogen-bond donors (Lipinski definition) is 2. The second-order valence-electron chi connectivity index (χ2n) is 12.6. The van der Waals surface area contributed by atoms with Crippen LogP contribution in [0, 0.1) is 0 Å². The van der Waals surface area contributed by atoms with E-state index in [9.17, 15) is 0 Å². The van der Waals surface area contributed by atoms with E-state index in [0.29, 0.717) is 0 Å². The summed E-state index contributed by atoms with van der Waals surface area (Å²) in [5.41, 5.74) is 4.96. The number of nitrogens with zero attached hydrogens (tertiary/aromatic N) is 1. The number of benzene rings is 8. The molecule has 8 aromatic carbocycles. The van der Waals surface area contributed by atoms with Gasteiger partial charge in [-0.3, -0.25) is 4.98 Å². The van der Waals surface area contributed by atoms with Crippen molar-refractivity contribution in [2.45, 2.75) is 25.9 Å². The number of aromatic nitrogens is 1. The number of hydrogen-bond acceptors (Lipinski definition) is 3. The first-order chi connectivity index (χ1) is 22.8. The highest BCUT2D eigenvalue weighted by atomic mass is 14.9. The van der Waals surface area contributed by atoms with Crippen molar-refractivity contribution in [3.63, 3.8) is 0 Å². The average Bonchev–Trinajstić information content (AvgIpc) is 3.11. The quantitative estimate of drug-likeness (QED) is 0.122. The van der Waals surface area contributed by atoms with Crippen LogP contribution in [-0.2, 0) is 25.9 Å². The summed E-state index contributed by atoms with van der Waals surface area (Å²) in [6, 6.07) is 46.9. The van der Waals surface area contributed by atoms with Gasteiger partial charge < -0.3 is 10.6 Å². The minimum Gasteiger partial charge on any atom is -0.311 e. The van der Waals surface area contributed by atoms with Gasteiger partial charge in [0.1, 0.15) is 0 Å². The first-order valence-electron chi connectivity index (χ1n) is 16.5. The molecule has 0 aliphatic heterocycles. The van der Waals surface area contributed by atoms with Crippen molar-refractivity contribution in [2.75, 3.05) is 13.1 Å². The molecule has 1 aromatic heterocycles. The molecule has 0 bridgehead atoms. The minimum atomic E-state index is 0.766. The summed E-state index contributed by atoms with van der Waals surface area (Å²) in [5.74, 6) is 0. The van der Waals surface area contributed by atoms with Crippen molar-refractivity contribution in [3.05, 3.63) is 150 Å². The van der Waals surface area contributed by atoms with E-state index in [2.05, 4.69) is 138 Å². The van der Waals surface area contributed by atoms with Gasteiger partial charge in [-0.15, -0.1) is 0 Å². The molecule has 0 saturated heterocycles. The normalized spacial score (nSPS) is 12.2. The van der Waals surface area contributed by atoms with Gasteiger partial charge >= 0.3 is 0 Å². The predicted molar refractivity (Wildman–Crippen MR) is 195 cm³/mol. The average molecular weight is 594 g/mol. The van der Waals surface area contributed by atoms with Gasteiger partial charge in [0.2, 0.25) is 0 Å². The fourth-order valence-electron chi connectivity index (χ4n) is 7.63. The SMILES string of the molecule is c1cc(CNCCc2ccc3ccc4cccc5ccc2c3c45)nc(CNCCc2ccc3ccc4cccc5ccc2c3c45)c1. The molecular weight excluding hydrogens is 558 g/mol. The van der Waals surface area contributed by atoms with E-state index < -0.39 is 0 Å². The van der Waals surface area contributed by atoms with Crippen molar-refractivity contribution >= 4 is 64.6 Å². The fourth-order valence-corrected chi connectivity index (χ4v) is 7.63. The van der Waals surface area contributed by atoms with Crippen LogP contribution in [0.15, 0.2) is 127 Å². The van der Waals surface area contributed by atoms with Gasteiger partial charge in [0, 0.05) is 13.1 Å². The van der Waals surface area contributed by atoms with Crippen molar-refractivity contribution in [3.8, 4) is 0 Å². The summed E-state index contributed by atoms with van der Waals surface area (Å²) in [6.45, 7) is 3.35. The summed E-state index contributed by atoms with van der Waals surface area (Å²) >= 11 is 0. The Morgan fingerprint density at radius 1 is 0.370 bits per heavy atom. The van der Waals surface area contributed by atoms with Crippen LogP contribution in [0.2, 0.25) is 0 Å². The molecule has 9 rings (SSSR count). The van der Waals surface area contributed by atoms with Gasteiger partial charge in [-0.2, -0.15) is 0 Å². The molecule has 0 fully saturated rings. The summed E-state index contributed by atoms with van der Waals surface area (Å²) in [5, 5.41) is 23.5. The summed E-state index contributed by atoms with van der Waals surface area (Å²) in [4.78, 5) is 4.95. The van der Waals surface area contributed by atoms with Gasteiger partial charge in [0.05, 0.1) is 11.4 Å². The van der Waals surface area contributed by atoms with Crippen molar-refractivity contribution in [1.82, 2.24) is 15.6 Å². The van der Waals surface area contributed by atoms with Crippen LogP contribution in [0.3, 0.4) is 0 Å². The fraction of sp³-hybridized carbons (Fsp3) is 0.140. The maximum absolute atomic E-state index is 4.95. The Hall–Kier alpha value is -5.09. The second-order valence-corrected chi connectivity index (χ2v) is 12.6. The molecule has 0 aliphatic carbocycles. The topological polar surface area (TPSA) is 37.0 Å². The van der Waals surface area contributed by atoms with Crippen LogP contribution in [0.5, 0.6) is 0 Å². The molecule has 0 atom stereocenters. The van der Waals surface area contributed by atoms with Crippen molar-refractivity contribution in [1.29, 1.82) is 0 Å². The smallest absolute Gasteiger partial charge is 0.0545 e. The van der Waals surface area contributed by atoms with E-state index in [4.69, 9.17) is 4.98 Å². The molecule has 0 spiro atoms. The summed E-state index contributed by atoms with van der Waals surface area (Å²) < 4.78 is 0. The third-order valence-electron chi connectivity index (χ3n) is 9.86. The molecule has 0 saturated carbocycles. The summed E-state index contributed by atoms with van der Waals surface area (Å²) in [7, 11) is 0. The molecule has 2 N–H and O–H groups in total. The highest BCUT2D eigenvalue weighted by Crippen LogP contribution is 2.37. The van der Waals surface area contributed by atoms with Crippen molar-refractivity contribution in [2.24, 2.45) is 0 Å². The zero-order valence-corrected chi connectivity index (χ0v) is 25.8. The maximum Gasteiger partial charge on any atom is 0.0545 e. The number of rotatable bonds is 10. The van der Waals surface area contributed by atoms with Gasteiger partial charge in [-0.1, -0.05) is 115 Å². The lowest BCUT2D eigenvalue weighted by atomic mass is 9.91. The molecule has 46 heavy (non-hydrogen) atoms. The Kier molecular flexibility index (Phi) is 6.73.